The number of hydrogen-bond donors (Lipinski definition) is 1. The molecule has 2 rings (SSSR count). The first kappa shape index (κ1) is 15.8. The van der Waals surface area contributed by atoms with Crippen molar-refractivity contribution < 1.29 is 23.8 Å². The molecule has 0 radical (unpaired) electrons. The summed E-state index contributed by atoms with van der Waals surface area (Å²) in [6, 6.07) is 10.9. The number of ether oxygens (including phenoxy) is 2. The van der Waals surface area contributed by atoms with Crippen LogP contribution >= 0.6 is 0 Å². The predicted molar refractivity (Wildman–Crippen MR) is 80.0 cm³/mol. The number of halogens is 1. The lowest BCUT2D eigenvalue weighted by Gasteiger charge is -2.17. The summed E-state index contributed by atoms with van der Waals surface area (Å²) in [6.07, 6.45) is 0.163. The third-order valence-electron chi connectivity index (χ3n) is 3.44. The van der Waals surface area contributed by atoms with E-state index in [0.717, 1.165) is 0 Å². The Morgan fingerprint density at radius 2 is 1.95 bits per heavy atom. The van der Waals surface area contributed by atoms with Crippen LogP contribution in [0.3, 0.4) is 0 Å². The molecule has 22 heavy (non-hydrogen) atoms. The van der Waals surface area contributed by atoms with Crippen LogP contribution in [0.5, 0.6) is 11.5 Å². The van der Waals surface area contributed by atoms with E-state index in [1.54, 1.807) is 30.3 Å². The van der Waals surface area contributed by atoms with Crippen molar-refractivity contribution in [1.29, 1.82) is 0 Å². The first-order valence-corrected chi connectivity index (χ1v) is 6.74. The molecule has 0 aliphatic heterocycles. The number of carboxylic acids is 1. The Labute approximate surface area is 128 Å². The molecule has 0 bridgehead atoms. The van der Waals surface area contributed by atoms with E-state index >= 15 is 0 Å². The van der Waals surface area contributed by atoms with E-state index in [1.165, 1.54) is 26.4 Å². The lowest BCUT2D eigenvalue weighted by Crippen LogP contribution is -2.15. The number of carboxylic acid groups (broad SMARTS) is 1. The molecule has 1 unspecified atom stereocenters. The van der Waals surface area contributed by atoms with Gasteiger partial charge < -0.3 is 14.6 Å². The lowest BCUT2D eigenvalue weighted by atomic mass is 9.91. The van der Waals surface area contributed by atoms with E-state index in [0.29, 0.717) is 22.6 Å². The highest BCUT2D eigenvalue weighted by molar-refractivity contribution is 5.78. The smallest absolute Gasteiger partial charge is 0.311 e. The molecule has 0 saturated carbocycles. The van der Waals surface area contributed by atoms with E-state index < -0.39 is 11.9 Å². The molecular formula is C17H17FO4. The van der Waals surface area contributed by atoms with Crippen LogP contribution in [0.15, 0.2) is 42.5 Å². The SMILES string of the molecule is COc1ccc(OC)c(C(Cc2cccc(F)c2)C(=O)O)c1. The molecule has 116 valence electrons. The van der Waals surface area contributed by atoms with Gasteiger partial charge >= 0.3 is 5.97 Å². The number of hydrogen-bond acceptors (Lipinski definition) is 3. The summed E-state index contributed by atoms with van der Waals surface area (Å²) in [4.78, 5) is 11.7. The number of aliphatic carboxylic acids is 1. The van der Waals surface area contributed by atoms with Gasteiger partial charge in [0.15, 0.2) is 0 Å². The average molecular weight is 304 g/mol. The fraction of sp³-hybridized carbons (Fsp3) is 0.235. The minimum Gasteiger partial charge on any atom is -0.497 e. The fourth-order valence-corrected chi connectivity index (χ4v) is 2.34. The Hall–Kier alpha value is -2.56. The molecule has 0 heterocycles. The van der Waals surface area contributed by atoms with Crippen LogP contribution in [0.25, 0.3) is 0 Å². The quantitative estimate of drug-likeness (QED) is 0.890. The molecule has 0 aliphatic rings. The van der Waals surface area contributed by atoms with Gasteiger partial charge in [0.25, 0.3) is 0 Å². The number of benzene rings is 2. The van der Waals surface area contributed by atoms with Gasteiger partial charge in [-0.25, -0.2) is 4.39 Å². The third kappa shape index (κ3) is 3.55. The summed E-state index contributed by atoms with van der Waals surface area (Å²) < 4.78 is 23.7. The topological polar surface area (TPSA) is 55.8 Å². The van der Waals surface area contributed by atoms with Gasteiger partial charge in [-0.15, -0.1) is 0 Å². The zero-order chi connectivity index (χ0) is 16.1. The van der Waals surface area contributed by atoms with Crippen LogP contribution in [0.1, 0.15) is 17.0 Å². The summed E-state index contributed by atoms with van der Waals surface area (Å²) in [5.74, 6) is -1.24. The van der Waals surface area contributed by atoms with Gasteiger partial charge in [0, 0.05) is 5.56 Å². The van der Waals surface area contributed by atoms with Crippen LogP contribution in [-0.4, -0.2) is 25.3 Å². The minimum absolute atomic E-state index is 0.163. The van der Waals surface area contributed by atoms with Crippen molar-refractivity contribution >= 4 is 5.97 Å². The van der Waals surface area contributed by atoms with Gasteiger partial charge in [0.2, 0.25) is 0 Å². The van der Waals surface area contributed by atoms with Gasteiger partial charge in [0.1, 0.15) is 17.3 Å². The Balaban J connectivity index is 2.41. The largest absolute Gasteiger partial charge is 0.497 e. The van der Waals surface area contributed by atoms with Gasteiger partial charge in [-0.1, -0.05) is 12.1 Å². The Morgan fingerprint density at radius 3 is 2.55 bits per heavy atom. The van der Waals surface area contributed by atoms with Gasteiger partial charge in [-0.2, -0.15) is 0 Å². The van der Waals surface area contributed by atoms with Crippen LogP contribution in [-0.2, 0) is 11.2 Å². The average Bonchev–Trinajstić information content (AvgIpc) is 2.51. The molecule has 0 fully saturated rings. The van der Waals surface area contributed by atoms with Crippen molar-refractivity contribution in [3.05, 3.63) is 59.4 Å². The van der Waals surface area contributed by atoms with Crippen LogP contribution in [0.2, 0.25) is 0 Å². The first-order chi connectivity index (χ1) is 10.5. The number of rotatable bonds is 6. The van der Waals surface area contributed by atoms with E-state index in [9.17, 15) is 14.3 Å². The molecule has 1 atom stereocenters. The van der Waals surface area contributed by atoms with Crippen molar-refractivity contribution in [2.45, 2.75) is 12.3 Å². The molecule has 4 nitrogen and oxygen atoms in total. The van der Waals surface area contributed by atoms with E-state index in [4.69, 9.17) is 9.47 Å². The summed E-state index contributed by atoms with van der Waals surface area (Å²) in [5, 5.41) is 9.55. The number of carbonyl (C=O) groups is 1. The molecule has 0 spiro atoms. The van der Waals surface area contributed by atoms with Gasteiger partial charge in [0.05, 0.1) is 20.1 Å². The Bertz CT molecular complexity index is 669. The Kier molecular flexibility index (Phi) is 4.99. The second kappa shape index (κ2) is 6.93. The highest BCUT2D eigenvalue weighted by Crippen LogP contribution is 2.33. The molecule has 2 aromatic rings. The van der Waals surface area contributed by atoms with Crippen molar-refractivity contribution in [3.63, 3.8) is 0 Å². The number of methoxy groups -OCH3 is 2. The highest BCUT2D eigenvalue weighted by Gasteiger charge is 2.24. The minimum atomic E-state index is -1.00. The van der Waals surface area contributed by atoms with E-state index in [2.05, 4.69) is 0 Å². The van der Waals surface area contributed by atoms with Crippen molar-refractivity contribution in [3.8, 4) is 11.5 Å². The lowest BCUT2D eigenvalue weighted by molar-refractivity contribution is -0.138. The monoisotopic (exact) mass is 304 g/mol. The molecule has 0 amide bonds. The molecular weight excluding hydrogens is 287 g/mol. The normalized spacial score (nSPS) is 11.8. The Morgan fingerprint density at radius 1 is 1.18 bits per heavy atom. The zero-order valence-electron chi connectivity index (χ0n) is 12.4. The van der Waals surface area contributed by atoms with Crippen molar-refractivity contribution in [2.75, 3.05) is 14.2 Å². The van der Waals surface area contributed by atoms with E-state index in [1.807, 2.05) is 0 Å². The second-order valence-electron chi connectivity index (χ2n) is 4.83. The molecule has 0 aromatic heterocycles. The first-order valence-electron chi connectivity index (χ1n) is 6.74. The molecule has 1 N–H and O–H groups in total. The second-order valence-corrected chi connectivity index (χ2v) is 4.83. The zero-order valence-corrected chi connectivity index (χ0v) is 12.4. The van der Waals surface area contributed by atoms with Gasteiger partial charge in [-0.05, 0) is 42.3 Å². The fourth-order valence-electron chi connectivity index (χ4n) is 2.34. The van der Waals surface area contributed by atoms with Crippen LogP contribution < -0.4 is 9.47 Å². The van der Waals surface area contributed by atoms with Crippen molar-refractivity contribution in [2.24, 2.45) is 0 Å². The predicted octanol–water partition coefficient (Wildman–Crippen LogP) is 3.25. The third-order valence-corrected chi connectivity index (χ3v) is 3.44. The standard InChI is InChI=1S/C17H17FO4/c1-21-13-6-7-16(22-2)14(10-13)15(17(19)20)9-11-4-3-5-12(18)8-11/h3-8,10,15H,9H2,1-2H3,(H,19,20). The summed E-state index contributed by atoms with van der Waals surface area (Å²) in [7, 11) is 2.99. The van der Waals surface area contributed by atoms with Crippen LogP contribution in [0.4, 0.5) is 4.39 Å². The van der Waals surface area contributed by atoms with Crippen LogP contribution in [0, 0.1) is 5.82 Å². The summed E-state index contributed by atoms with van der Waals surface area (Å²) >= 11 is 0. The van der Waals surface area contributed by atoms with E-state index in [-0.39, 0.29) is 12.2 Å². The molecule has 0 saturated heterocycles. The maximum absolute atomic E-state index is 13.3. The highest BCUT2D eigenvalue weighted by atomic mass is 19.1. The maximum Gasteiger partial charge on any atom is 0.311 e. The molecule has 5 heteroatoms. The molecule has 2 aromatic carbocycles. The summed E-state index contributed by atoms with van der Waals surface area (Å²) in [5.41, 5.74) is 1.11. The van der Waals surface area contributed by atoms with Crippen molar-refractivity contribution in [1.82, 2.24) is 0 Å². The van der Waals surface area contributed by atoms with Gasteiger partial charge in [-0.3, -0.25) is 4.79 Å². The molecule has 0 aliphatic carbocycles. The summed E-state index contributed by atoms with van der Waals surface area (Å²) in [6.45, 7) is 0. The maximum atomic E-state index is 13.3.